The van der Waals surface area contributed by atoms with E-state index in [1.165, 1.54) is 0 Å². The van der Waals surface area contributed by atoms with Crippen molar-refractivity contribution in [3.63, 3.8) is 0 Å². The summed E-state index contributed by atoms with van der Waals surface area (Å²) in [5.74, 6) is 0. The molecule has 2 nitrogen and oxygen atoms in total. The van der Waals surface area contributed by atoms with Crippen LogP contribution >= 0.6 is 0 Å². The summed E-state index contributed by atoms with van der Waals surface area (Å²) in [4.78, 5) is 0.141. The van der Waals surface area contributed by atoms with E-state index < -0.39 is 354 Å². The number of rotatable bonds is 9. The van der Waals surface area contributed by atoms with Gasteiger partial charge >= 0.3 is 0 Å². The molecule has 11 aromatic rings. The molecule has 292 valence electrons. The minimum Gasteiger partial charge on any atom is -0.310 e. The number of benzene rings is 10. The summed E-state index contributed by atoms with van der Waals surface area (Å²) < 4.78 is 381. The summed E-state index contributed by atoms with van der Waals surface area (Å²) in [6, 6.07) is -48.8. The van der Waals surface area contributed by atoms with E-state index >= 15 is 0 Å². The first-order chi connectivity index (χ1) is 48.2. The van der Waals surface area contributed by atoms with E-state index in [-0.39, 0.29) is 4.90 Å². The molecule has 0 aliphatic carbocycles. The molecule has 62 heavy (non-hydrogen) atoms. The van der Waals surface area contributed by atoms with Gasteiger partial charge in [-0.15, -0.1) is 0 Å². The van der Waals surface area contributed by atoms with Crippen LogP contribution < -0.4 is 4.90 Å². The molecule has 0 atom stereocenters. The molecule has 0 aliphatic heterocycles. The first-order valence-corrected chi connectivity index (χ1v) is 17.8. The molecule has 0 radical (unpaired) electrons. The van der Waals surface area contributed by atoms with Gasteiger partial charge in [0, 0.05) is 33.5 Å². The van der Waals surface area contributed by atoms with Gasteiger partial charge in [-0.05, 0) is 122 Å². The van der Waals surface area contributed by atoms with Crippen molar-refractivity contribution in [2.24, 2.45) is 0 Å². The van der Waals surface area contributed by atoms with Gasteiger partial charge in [-0.2, -0.15) is 0 Å². The van der Waals surface area contributed by atoms with Crippen molar-refractivity contribution in [2.75, 3.05) is 4.90 Å². The maximum absolute atomic E-state index is 10.1. The zero-order valence-electron chi connectivity index (χ0n) is 72.9. The Morgan fingerprint density at radius 2 is 0.629 bits per heavy atom. The molecule has 0 N–H and O–H groups in total. The van der Waals surface area contributed by atoms with Gasteiger partial charge in [0.15, 0.2) is 0 Å². The average Bonchev–Trinajstić information content (AvgIpc) is 1.54. The standard InChI is InChI=1S/C60H42N2/c1-4-13-43(14-5-1)45-23-27-47(28-24-45)49-31-36-54(37-32-49)61(55-38-33-50(34-39-55)48-29-25-46(26-30-48)44-15-6-2-7-16-44)56-20-12-17-51(41-56)52-35-40-60-58(42-52)57-21-10-11-22-59(57)62(60)53-18-8-3-9-19-53/h1-42H/i1D,2D,3D,4D,5D,6D,7D,8D,9D,10D,11D,12D,13D,14D,15D,16D,17D,18D,19D,20D,21D,22D,23D,24D,25D,26D,27D,28D,29D,30D,31D,32D,33D,34D,35D,36D,37D,38D,39D,40D,41D,42D. The van der Waals surface area contributed by atoms with Crippen LogP contribution in [0.1, 0.15) is 57.6 Å². The van der Waals surface area contributed by atoms with Gasteiger partial charge in [-0.1, -0.05) is 187 Å². The van der Waals surface area contributed by atoms with Gasteiger partial charge in [0.25, 0.3) is 0 Å². The number of para-hydroxylation sites is 2. The first kappa shape index (κ1) is 13.4. The highest BCUT2D eigenvalue weighted by atomic mass is 15.1. The number of anilines is 3. The highest BCUT2D eigenvalue weighted by Crippen LogP contribution is 2.40. The Labute approximate surface area is 421 Å². The van der Waals surface area contributed by atoms with E-state index in [4.69, 9.17) is 31.5 Å². The third-order valence-corrected chi connectivity index (χ3v) is 8.87. The fourth-order valence-electron chi connectivity index (χ4n) is 6.08. The lowest BCUT2D eigenvalue weighted by molar-refractivity contribution is 1.18. The van der Waals surface area contributed by atoms with E-state index in [0.29, 0.717) is 4.57 Å². The molecular weight excluding hydrogens is 749 g/mol. The van der Waals surface area contributed by atoms with Crippen molar-refractivity contribution in [3.8, 4) is 61.3 Å². The third-order valence-electron chi connectivity index (χ3n) is 8.87. The number of aromatic nitrogens is 1. The van der Waals surface area contributed by atoms with E-state index in [2.05, 4.69) is 0 Å². The molecule has 0 unspecified atom stereocenters. The first-order valence-electron chi connectivity index (χ1n) is 38.8. The Kier molecular flexibility index (Phi) is 3.48. The monoisotopic (exact) mass is 833 g/mol. The van der Waals surface area contributed by atoms with Crippen molar-refractivity contribution in [3.05, 3.63) is 254 Å². The molecule has 0 fully saturated rings. The van der Waals surface area contributed by atoms with Crippen LogP contribution in [0.25, 0.3) is 83.1 Å². The summed E-state index contributed by atoms with van der Waals surface area (Å²) >= 11 is 0. The zero-order valence-corrected chi connectivity index (χ0v) is 30.9. The van der Waals surface area contributed by atoms with Crippen molar-refractivity contribution in [1.82, 2.24) is 4.57 Å². The molecule has 1 aromatic heterocycles. The van der Waals surface area contributed by atoms with Gasteiger partial charge in [0.1, 0.15) is 0 Å². The largest absolute Gasteiger partial charge is 0.310 e. The van der Waals surface area contributed by atoms with Crippen LogP contribution in [0.15, 0.2) is 254 Å². The van der Waals surface area contributed by atoms with Crippen LogP contribution in [0.4, 0.5) is 17.1 Å². The van der Waals surface area contributed by atoms with Crippen LogP contribution in [-0.2, 0) is 0 Å². The minimum absolute atomic E-state index is 0.141. The minimum atomic E-state index is -1.48. The third kappa shape index (κ3) is 7.04. The van der Waals surface area contributed by atoms with Gasteiger partial charge in [0.05, 0.1) is 68.6 Å². The van der Waals surface area contributed by atoms with Crippen molar-refractivity contribution in [1.29, 1.82) is 0 Å². The lowest BCUT2D eigenvalue weighted by Crippen LogP contribution is -2.10. The normalized spacial score (nSPS) is 20.7. The maximum Gasteiger partial charge on any atom is 0.0651 e. The summed E-state index contributed by atoms with van der Waals surface area (Å²) in [6.45, 7) is 0. The molecular formula is C60H42N2. The van der Waals surface area contributed by atoms with Crippen LogP contribution in [0.5, 0.6) is 0 Å². The van der Waals surface area contributed by atoms with Gasteiger partial charge in [-0.25, -0.2) is 0 Å². The van der Waals surface area contributed by atoms with E-state index in [9.17, 15) is 26.0 Å². The highest BCUT2D eigenvalue weighted by Gasteiger charge is 2.17. The van der Waals surface area contributed by atoms with Crippen molar-refractivity contribution < 1.29 is 57.6 Å². The topological polar surface area (TPSA) is 8.17 Å². The second-order valence-electron chi connectivity index (χ2n) is 12.5. The summed E-state index contributed by atoms with van der Waals surface area (Å²) in [5, 5.41) is -1.53. The smallest absolute Gasteiger partial charge is 0.0651 e. The maximum atomic E-state index is 10.1. The van der Waals surface area contributed by atoms with E-state index in [1.807, 2.05) is 0 Å². The predicted octanol–water partition coefficient (Wildman–Crippen LogP) is 16.6. The quantitative estimate of drug-likeness (QED) is 0.141. The molecule has 0 saturated carbocycles. The van der Waals surface area contributed by atoms with E-state index in [0.717, 1.165) is 0 Å². The number of hydrogen-bond acceptors (Lipinski definition) is 1. The molecule has 0 saturated heterocycles. The molecule has 0 bridgehead atoms. The summed E-state index contributed by atoms with van der Waals surface area (Å²) in [7, 11) is 0. The van der Waals surface area contributed by atoms with Crippen LogP contribution in [0, 0.1) is 0 Å². The van der Waals surface area contributed by atoms with Gasteiger partial charge in [0.2, 0.25) is 0 Å². The Morgan fingerprint density at radius 1 is 0.258 bits per heavy atom. The molecule has 11 rings (SSSR count). The van der Waals surface area contributed by atoms with E-state index in [1.54, 1.807) is 0 Å². The Morgan fingerprint density at radius 3 is 1.15 bits per heavy atom. The second-order valence-corrected chi connectivity index (χ2v) is 12.5. The van der Waals surface area contributed by atoms with Gasteiger partial charge in [-0.3, -0.25) is 0 Å². The predicted molar refractivity (Wildman–Crippen MR) is 263 cm³/mol. The molecule has 0 spiro atoms. The van der Waals surface area contributed by atoms with Gasteiger partial charge < -0.3 is 9.47 Å². The number of hydrogen-bond donors (Lipinski definition) is 0. The lowest BCUT2D eigenvalue weighted by Gasteiger charge is -2.26. The second kappa shape index (κ2) is 16.1. The molecule has 1 heterocycles. The average molecular weight is 833 g/mol. The number of fused-ring (bicyclic) bond motifs is 3. The SMILES string of the molecule is [2H]c1c([2H])c([2H])c(-c2c([2H])c([2H])c(-c3c([2H])c([2H])c(N(c4c([2H])c([2H])c(-c5c([2H])c([2H])c(-c6c([2H])c([2H])c([2H])c([2H])c6[2H])c([2H])c5[2H])c([2H])c4[2H])c4c([2H])c([2H])c([2H])c(-c5c([2H])c([2H])c6c(c5[2H])c5c([2H])c([2H])c([2H])c([2H])c5n6-c5c([2H])c([2H])c([2H])c([2H])c5[2H])c4[2H])c([2H])c3[2H])c([2H])c2[2H])c([2H])c1[2H]. The summed E-state index contributed by atoms with van der Waals surface area (Å²) in [5.41, 5.74) is -16.7. The molecule has 0 aliphatic rings. The molecule has 10 aromatic carbocycles. The fraction of sp³-hybridized carbons (Fsp3) is 0. The number of nitrogens with zero attached hydrogens (tertiary/aromatic N) is 2. The van der Waals surface area contributed by atoms with Crippen molar-refractivity contribution >= 4 is 38.9 Å². The molecule has 0 amide bonds. The van der Waals surface area contributed by atoms with Crippen LogP contribution in [0.2, 0.25) is 0 Å². The van der Waals surface area contributed by atoms with Crippen molar-refractivity contribution in [2.45, 2.75) is 0 Å². The Bertz CT molecular complexity index is 5430. The fourth-order valence-corrected chi connectivity index (χ4v) is 6.08. The van der Waals surface area contributed by atoms with Crippen LogP contribution in [-0.4, -0.2) is 4.57 Å². The Hall–Kier alpha value is -8.20. The lowest BCUT2D eigenvalue weighted by atomic mass is 9.99. The molecule has 2 heteroatoms. The zero-order chi connectivity index (χ0) is 77.8. The summed E-state index contributed by atoms with van der Waals surface area (Å²) in [6.07, 6.45) is 0. The Balaban J connectivity index is 1.29. The highest BCUT2D eigenvalue weighted by molar-refractivity contribution is 6.10. The van der Waals surface area contributed by atoms with Crippen LogP contribution in [0.3, 0.4) is 0 Å².